The lowest BCUT2D eigenvalue weighted by Crippen LogP contribution is -2.50. The van der Waals surface area contributed by atoms with Gasteiger partial charge >= 0.3 is 5.97 Å². The smallest absolute Gasteiger partial charge is 0.339 e. The van der Waals surface area contributed by atoms with Crippen LogP contribution in [0.1, 0.15) is 35.2 Å². The third kappa shape index (κ3) is 5.45. The largest absolute Gasteiger partial charge is 0.464 e. The number of carbonyl (C=O) groups excluding carboxylic acids is 1. The number of pyridine rings is 1. The van der Waals surface area contributed by atoms with Gasteiger partial charge in [-0.1, -0.05) is 36.4 Å². The molecule has 0 radical (unpaired) electrons. The van der Waals surface area contributed by atoms with E-state index in [1.165, 1.54) is 27.4 Å². The normalized spacial score (nSPS) is 18.5. The lowest BCUT2D eigenvalue weighted by Gasteiger charge is -2.29. The molecule has 7 rings (SSSR count). The van der Waals surface area contributed by atoms with Gasteiger partial charge in [-0.25, -0.2) is 13.2 Å². The van der Waals surface area contributed by atoms with E-state index < -0.39 is 33.5 Å². The Morgan fingerprint density at radius 3 is 2.67 bits per heavy atom. The van der Waals surface area contributed by atoms with Gasteiger partial charge in [-0.3, -0.25) is 14.7 Å². The molecule has 232 valence electrons. The van der Waals surface area contributed by atoms with Crippen LogP contribution in [0.3, 0.4) is 0 Å². The number of hydrogen-bond acceptors (Lipinski definition) is 9. The number of hydrogen-bond donors (Lipinski definition) is 2. The van der Waals surface area contributed by atoms with Gasteiger partial charge in [-0.15, -0.1) is 0 Å². The van der Waals surface area contributed by atoms with Crippen LogP contribution in [-0.4, -0.2) is 52.9 Å². The Morgan fingerprint density at radius 2 is 1.87 bits per heavy atom. The van der Waals surface area contributed by atoms with Crippen molar-refractivity contribution in [3.8, 4) is 0 Å². The van der Waals surface area contributed by atoms with Crippen LogP contribution in [0.5, 0.6) is 0 Å². The first-order chi connectivity index (χ1) is 21.8. The van der Waals surface area contributed by atoms with Crippen molar-refractivity contribution in [1.82, 2.24) is 14.2 Å². The number of rotatable bonds is 10. The maximum atomic E-state index is 14.1. The van der Waals surface area contributed by atoms with Gasteiger partial charge in [0.15, 0.2) is 6.73 Å². The monoisotopic (exact) mass is 629 g/mol. The molecule has 3 aromatic carbocycles. The Kier molecular flexibility index (Phi) is 7.54. The first-order valence-electron chi connectivity index (χ1n) is 14.7. The zero-order valence-electron chi connectivity index (χ0n) is 24.2. The van der Waals surface area contributed by atoms with Gasteiger partial charge in [-0.2, -0.15) is 4.31 Å². The Morgan fingerprint density at radius 1 is 1.04 bits per heavy atom. The number of esters is 1. The van der Waals surface area contributed by atoms with Crippen molar-refractivity contribution in [1.29, 1.82) is 0 Å². The van der Waals surface area contributed by atoms with E-state index in [1.807, 2.05) is 30.3 Å². The predicted octanol–water partition coefficient (Wildman–Crippen LogP) is 3.94. The number of ether oxygens (including phenoxy) is 2. The number of aliphatic hydroxyl groups excluding tert-OH is 1. The summed E-state index contributed by atoms with van der Waals surface area (Å²) < 4.78 is 47.2. The molecule has 2 aliphatic rings. The Balaban J connectivity index is 1.07. The van der Waals surface area contributed by atoms with Crippen LogP contribution in [0.4, 0.5) is 0 Å². The zero-order chi connectivity index (χ0) is 31.2. The van der Waals surface area contributed by atoms with Crippen molar-refractivity contribution < 1.29 is 32.2 Å². The molecule has 2 unspecified atom stereocenters. The minimum Gasteiger partial charge on any atom is -0.464 e. The second-order valence-electron chi connectivity index (χ2n) is 11.4. The van der Waals surface area contributed by atoms with Crippen molar-refractivity contribution in [2.75, 3.05) is 6.54 Å². The molecule has 1 aliphatic heterocycles. The number of nitrogens with zero attached hydrogens (tertiary/aromatic N) is 2. The van der Waals surface area contributed by atoms with Crippen molar-refractivity contribution >= 4 is 37.7 Å². The van der Waals surface area contributed by atoms with Crippen LogP contribution < -0.4 is 10.9 Å². The standard InChI is InChI=1S/C33H31N3O8S/c37-30-26-7-4-8-28(25(26)11-16-35(30)21-44-31(38)24-9-10-27-23(19-24)13-18-42-27)45(40,41)36-17-12-29(33(36)14-15-33)34-32(39)43-20-22-5-2-1-3-6-22/h1-11,13,16,18-19,29,32,34,39H,12,14-15,17,20-21H2. The summed E-state index contributed by atoms with van der Waals surface area (Å²) in [6.07, 6.45) is 3.49. The van der Waals surface area contributed by atoms with Crippen LogP contribution in [-0.2, 0) is 32.8 Å². The molecule has 1 spiro atoms. The summed E-state index contributed by atoms with van der Waals surface area (Å²) in [5.41, 5.74) is 0.704. The Labute approximate surface area is 258 Å². The molecule has 2 N–H and O–H groups in total. The van der Waals surface area contributed by atoms with E-state index in [0.717, 1.165) is 10.9 Å². The number of sulfonamides is 1. The molecular formula is C33H31N3O8S. The summed E-state index contributed by atoms with van der Waals surface area (Å²) in [5, 5.41) is 14.8. The number of aromatic nitrogens is 1. The third-order valence-corrected chi connectivity index (χ3v) is 10.7. The molecule has 1 saturated heterocycles. The molecule has 2 aromatic heterocycles. The predicted molar refractivity (Wildman–Crippen MR) is 164 cm³/mol. The minimum absolute atomic E-state index is 0.0301. The fourth-order valence-corrected chi connectivity index (χ4v) is 8.32. The molecule has 3 heterocycles. The fourth-order valence-electron chi connectivity index (χ4n) is 6.24. The lowest BCUT2D eigenvalue weighted by molar-refractivity contribution is -0.135. The summed E-state index contributed by atoms with van der Waals surface area (Å²) in [6, 6.07) is 22.0. The van der Waals surface area contributed by atoms with E-state index in [4.69, 9.17) is 13.9 Å². The molecule has 11 nitrogen and oxygen atoms in total. The number of benzene rings is 3. The summed E-state index contributed by atoms with van der Waals surface area (Å²) in [4.78, 5) is 26.1. The second-order valence-corrected chi connectivity index (χ2v) is 13.2. The average molecular weight is 630 g/mol. The van der Waals surface area contributed by atoms with E-state index in [-0.39, 0.29) is 41.6 Å². The van der Waals surface area contributed by atoms with Gasteiger partial charge < -0.3 is 19.0 Å². The van der Waals surface area contributed by atoms with Gasteiger partial charge in [0.25, 0.3) is 5.56 Å². The van der Waals surface area contributed by atoms with Gasteiger partial charge in [-0.05, 0) is 67.3 Å². The molecule has 1 aliphatic carbocycles. The summed E-state index contributed by atoms with van der Waals surface area (Å²) in [7, 11) is -4.01. The number of furan rings is 1. The van der Waals surface area contributed by atoms with Crippen molar-refractivity contribution in [3.05, 3.63) is 113 Å². The molecule has 2 atom stereocenters. The maximum Gasteiger partial charge on any atom is 0.339 e. The fraction of sp³-hybridized carbons (Fsp3) is 0.273. The minimum atomic E-state index is -4.01. The molecule has 0 bridgehead atoms. The van der Waals surface area contributed by atoms with Gasteiger partial charge in [0, 0.05) is 34.9 Å². The number of fused-ring (bicyclic) bond motifs is 2. The molecule has 2 fully saturated rings. The van der Waals surface area contributed by atoms with Crippen molar-refractivity contribution in [2.45, 2.75) is 55.5 Å². The summed E-state index contributed by atoms with van der Waals surface area (Å²) in [6.45, 7) is 0.134. The molecule has 1 saturated carbocycles. The van der Waals surface area contributed by atoms with Crippen LogP contribution in [0.2, 0.25) is 0 Å². The number of carbonyl (C=O) groups is 1. The highest BCUT2D eigenvalue weighted by Gasteiger charge is 2.61. The molecule has 5 aromatic rings. The third-order valence-electron chi connectivity index (χ3n) is 8.69. The van der Waals surface area contributed by atoms with Crippen molar-refractivity contribution in [3.63, 3.8) is 0 Å². The highest BCUT2D eigenvalue weighted by atomic mass is 32.2. The van der Waals surface area contributed by atoms with E-state index in [2.05, 4.69) is 5.32 Å². The van der Waals surface area contributed by atoms with E-state index >= 15 is 0 Å². The zero-order valence-corrected chi connectivity index (χ0v) is 25.0. The highest BCUT2D eigenvalue weighted by Crippen LogP contribution is 2.52. The number of aliphatic hydroxyl groups is 1. The molecule has 12 heteroatoms. The molecular weight excluding hydrogens is 598 g/mol. The number of nitrogens with one attached hydrogen (secondary N) is 1. The summed E-state index contributed by atoms with van der Waals surface area (Å²) >= 11 is 0. The van der Waals surface area contributed by atoms with Gasteiger partial charge in [0.1, 0.15) is 5.58 Å². The quantitative estimate of drug-likeness (QED) is 0.174. The topological polar surface area (TPSA) is 140 Å². The van der Waals surface area contributed by atoms with Crippen LogP contribution >= 0.6 is 0 Å². The Hall–Kier alpha value is -4.33. The van der Waals surface area contributed by atoms with Crippen LogP contribution in [0.25, 0.3) is 21.7 Å². The molecule has 0 amide bonds. The second kappa shape index (κ2) is 11.5. The maximum absolute atomic E-state index is 14.1. The van der Waals surface area contributed by atoms with Gasteiger partial charge in [0.2, 0.25) is 16.4 Å². The van der Waals surface area contributed by atoms with E-state index in [0.29, 0.717) is 30.4 Å². The van der Waals surface area contributed by atoms with Crippen molar-refractivity contribution in [2.24, 2.45) is 0 Å². The van der Waals surface area contributed by atoms with Gasteiger partial charge in [0.05, 0.1) is 28.9 Å². The van der Waals surface area contributed by atoms with Crippen LogP contribution in [0.15, 0.2) is 105 Å². The average Bonchev–Trinajstić information content (AvgIpc) is 3.55. The van der Waals surface area contributed by atoms with Crippen LogP contribution in [0, 0.1) is 0 Å². The molecule has 45 heavy (non-hydrogen) atoms. The first-order valence-corrected chi connectivity index (χ1v) is 16.1. The Bertz CT molecular complexity index is 2050. The lowest BCUT2D eigenvalue weighted by atomic mass is 10.1. The SMILES string of the molecule is O=C(OCn1ccc2c(S(=O)(=O)N3CCC(NC(O)OCc4ccccc4)C34CC4)cccc2c1=O)c1ccc2occc2c1. The summed E-state index contributed by atoms with van der Waals surface area (Å²) in [5.74, 6) is -0.607. The van der Waals surface area contributed by atoms with E-state index in [9.17, 15) is 23.1 Å². The highest BCUT2D eigenvalue weighted by molar-refractivity contribution is 7.89. The first kappa shape index (κ1) is 29.4. The van der Waals surface area contributed by atoms with E-state index in [1.54, 1.807) is 42.5 Å².